The molecule has 0 bridgehead atoms. The molecule has 0 aromatic heterocycles. The van der Waals surface area contributed by atoms with E-state index in [0.717, 1.165) is 31.4 Å². The molecule has 0 spiro atoms. The molecule has 4 heteroatoms. The van der Waals surface area contributed by atoms with Crippen LogP contribution >= 0.6 is 0 Å². The smallest absolute Gasteiger partial charge is 0.410 e. The molecular weight excluding hydrogens is 254 g/mol. The van der Waals surface area contributed by atoms with E-state index in [9.17, 15) is 4.79 Å². The summed E-state index contributed by atoms with van der Waals surface area (Å²) < 4.78 is 11.5. The van der Waals surface area contributed by atoms with E-state index in [-0.39, 0.29) is 11.7 Å². The second kappa shape index (κ2) is 6.61. The van der Waals surface area contributed by atoms with Crippen molar-refractivity contribution in [2.75, 3.05) is 19.7 Å². The highest BCUT2D eigenvalue weighted by Gasteiger charge is 2.38. The number of carbonyl (C=O) groups is 1. The number of piperidine rings is 1. The van der Waals surface area contributed by atoms with Crippen molar-refractivity contribution in [3.05, 3.63) is 12.2 Å². The molecule has 0 aromatic carbocycles. The molecule has 1 saturated heterocycles. The number of hydrogen-bond donors (Lipinski definition) is 0. The summed E-state index contributed by atoms with van der Waals surface area (Å²) in [6.45, 7) is 15.5. The van der Waals surface area contributed by atoms with Gasteiger partial charge in [-0.25, -0.2) is 4.79 Å². The molecule has 1 unspecified atom stereocenters. The molecule has 0 radical (unpaired) electrons. The molecule has 0 aromatic rings. The van der Waals surface area contributed by atoms with E-state index in [4.69, 9.17) is 9.47 Å². The number of likely N-dealkylation sites (tertiary alicyclic amines) is 1. The lowest BCUT2D eigenvalue weighted by molar-refractivity contribution is -0.0856. The molecule has 0 N–H and O–H groups in total. The van der Waals surface area contributed by atoms with E-state index in [1.807, 2.05) is 27.7 Å². The maximum atomic E-state index is 12.2. The highest BCUT2D eigenvalue weighted by molar-refractivity contribution is 5.68. The SMILES string of the molecule is C=C(C)COC1(CC)CCCN(C(=O)OC(C)(C)C)C1. The minimum atomic E-state index is -0.456. The van der Waals surface area contributed by atoms with Crippen LogP contribution in [-0.4, -0.2) is 41.9 Å². The van der Waals surface area contributed by atoms with Crippen molar-refractivity contribution in [1.82, 2.24) is 4.90 Å². The van der Waals surface area contributed by atoms with Gasteiger partial charge in [-0.3, -0.25) is 0 Å². The van der Waals surface area contributed by atoms with Gasteiger partial charge in [-0.05, 0) is 47.0 Å². The first-order valence-corrected chi connectivity index (χ1v) is 7.44. The zero-order chi connectivity index (χ0) is 15.4. The molecule has 20 heavy (non-hydrogen) atoms. The zero-order valence-electron chi connectivity index (χ0n) is 13.6. The van der Waals surface area contributed by atoms with Gasteiger partial charge in [-0.15, -0.1) is 0 Å². The van der Waals surface area contributed by atoms with Crippen molar-refractivity contribution in [3.8, 4) is 0 Å². The summed E-state index contributed by atoms with van der Waals surface area (Å²) in [6.07, 6.45) is 2.58. The number of amides is 1. The fourth-order valence-electron chi connectivity index (χ4n) is 2.37. The predicted molar refractivity (Wildman–Crippen MR) is 80.8 cm³/mol. The van der Waals surface area contributed by atoms with E-state index < -0.39 is 5.60 Å². The first-order chi connectivity index (χ1) is 9.17. The molecule has 0 aliphatic carbocycles. The quantitative estimate of drug-likeness (QED) is 0.737. The monoisotopic (exact) mass is 283 g/mol. The standard InChI is InChI=1S/C16H29NO3/c1-7-16(19-11-13(2)3)9-8-10-17(12-16)14(18)20-15(4,5)6/h2,7-12H2,1,3-6H3. The topological polar surface area (TPSA) is 38.8 Å². The lowest BCUT2D eigenvalue weighted by Crippen LogP contribution is -2.52. The molecule has 1 rings (SSSR count). The van der Waals surface area contributed by atoms with Crippen LogP contribution in [0, 0.1) is 0 Å². The molecule has 1 heterocycles. The Balaban J connectivity index is 2.68. The molecular formula is C16H29NO3. The first kappa shape index (κ1) is 17.0. The zero-order valence-corrected chi connectivity index (χ0v) is 13.6. The Morgan fingerprint density at radius 2 is 2.05 bits per heavy atom. The Kier molecular flexibility index (Phi) is 5.63. The van der Waals surface area contributed by atoms with Gasteiger partial charge < -0.3 is 14.4 Å². The molecule has 0 saturated carbocycles. The predicted octanol–water partition coefficient (Wildman–Crippen LogP) is 3.76. The van der Waals surface area contributed by atoms with E-state index in [1.54, 1.807) is 4.90 Å². The second-order valence-corrected chi connectivity index (χ2v) is 6.79. The van der Waals surface area contributed by atoms with E-state index in [0.29, 0.717) is 13.2 Å². The Labute approximate surface area is 123 Å². The molecule has 1 amide bonds. The van der Waals surface area contributed by atoms with Crippen LogP contribution in [0.25, 0.3) is 0 Å². The lowest BCUT2D eigenvalue weighted by atomic mass is 9.90. The molecule has 1 aliphatic rings. The van der Waals surface area contributed by atoms with Crippen molar-refractivity contribution in [1.29, 1.82) is 0 Å². The Morgan fingerprint density at radius 3 is 2.55 bits per heavy atom. The minimum absolute atomic E-state index is 0.242. The summed E-state index contributed by atoms with van der Waals surface area (Å²) in [5.41, 5.74) is 0.294. The Bertz CT molecular complexity index is 359. The maximum Gasteiger partial charge on any atom is 0.410 e. The van der Waals surface area contributed by atoms with Gasteiger partial charge in [0.2, 0.25) is 0 Å². The van der Waals surface area contributed by atoms with Gasteiger partial charge >= 0.3 is 6.09 Å². The molecule has 1 aliphatic heterocycles. The van der Waals surface area contributed by atoms with Gasteiger partial charge in [0.15, 0.2) is 0 Å². The average molecular weight is 283 g/mol. The Morgan fingerprint density at radius 1 is 1.40 bits per heavy atom. The van der Waals surface area contributed by atoms with Crippen LogP contribution in [-0.2, 0) is 9.47 Å². The molecule has 1 fully saturated rings. The van der Waals surface area contributed by atoms with Crippen molar-refractivity contribution in [3.63, 3.8) is 0 Å². The number of hydrogen-bond acceptors (Lipinski definition) is 3. The normalized spacial score (nSPS) is 23.6. The van der Waals surface area contributed by atoms with E-state index in [1.165, 1.54) is 0 Å². The second-order valence-electron chi connectivity index (χ2n) is 6.79. The summed E-state index contributed by atoms with van der Waals surface area (Å²) in [5.74, 6) is 0. The fourth-order valence-corrected chi connectivity index (χ4v) is 2.37. The summed E-state index contributed by atoms with van der Waals surface area (Å²) in [7, 11) is 0. The van der Waals surface area contributed by atoms with Crippen LogP contribution in [0.3, 0.4) is 0 Å². The third-order valence-corrected chi connectivity index (χ3v) is 3.46. The average Bonchev–Trinajstić information content (AvgIpc) is 2.34. The van der Waals surface area contributed by atoms with Crippen LogP contribution in [0.1, 0.15) is 53.9 Å². The van der Waals surface area contributed by atoms with Crippen LogP contribution in [0.2, 0.25) is 0 Å². The van der Waals surface area contributed by atoms with Crippen molar-refractivity contribution < 1.29 is 14.3 Å². The third-order valence-electron chi connectivity index (χ3n) is 3.46. The first-order valence-electron chi connectivity index (χ1n) is 7.44. The highest BCUT2D eigenvalue weighted by Crippen LogP contribution is 2.29. The fraction of sp³-hybridized carbons (Fsp3) is 0.812. The van der Waals surface area contributed by atoms with E-state index in [2.05, 4.69) is 13.5 Å². The van der Waals surface area contributed by atoms with Crippen molar-refractivity contribution >= 4 is 6.09 Å². The van der Waals surface area contributed by atoms with Gasteiger partial charge in [0, 0.05) is 6.54 Å². The minimum Gasteiger partial charge on any atom is -0.444 e. The summed E-state index contributed by atoms with van der Waals surface area (Å²) in [6, 6.07) is 0. The Hall–Kier alpha value is -1.03. The summed E-state index contributed by atoms with van der Waals surface area (Å²) in [5, 5.41) is 0. The number of ether oxygens (including phenoxy) is 2. The van der Waals surface area contributed by atoms with Crippen LogP contribution in [0.4, 0.5) is 4.79 Å². The largest absolute Gasteiger partial charge is 0.444 e. The van der Waals surface area contributed by atoms with Gasteiger partial charge in [-0.2, -0.15) is 0 Å². The lowest BCUT2D eigenvalue weighted by Gasteiger charge is -2.42. The number of rotatable bonds is 4. The van der Waals surface area contributed by atoms with Crippen LogP contribution < -0.4 is 0 Å². The molecule has 1 atom stereocenters. The number of carbonyl (C=O) groups excluding carboxylic acids is 1. The van der Waals surface area contributed by atoms with Gasteiger partial charge in [0.1, 0.15) is 5.60 Å². The van der Waals surface area contributed by atoms with Gasteiger partial charge in [-0.1, -0.05) is 19.1 Å². The van der Waals surface area contributed by atoms with Gasteiger partial charge in [0.05, 0.1) is 18.8 Å². The van der Waals surface area contributed by atoms with Crippen molar-refractivity contribution in [2.24, 2.45) is 0 Å². The van der Waals surface area contributed by atoms with Crippen LogP contribution in [0.5, 0.6) is 0 Å². The van der Waals surface area contributed by atoms with E-state index >= 15 is 0 Å². The highest BCUT2D eigenvalue weighted by atomic mass is 16.6. The summed E-state index contributed by atoms with van der Waals surface area (Å²) >= 11 is 0. The van der Waals surface area contributed by atoms with Crippen molar-refractivity contribution in [2.45, 2.75) is 65.1 Å². The maximum absolute atomic E-state index is 12.2. The van der Waals surface area contributed by atoms with Crippen LogP contribution in [0.15, 0.2) is 12.2 Å². The molecule has 116 valence electrons. The van der Waals surface area contributed by atoms with Gasteiger partial charge in [0.25, 0.3) is 0 Å². The number of nitrogens with zero attached hydrogens (tertiary/aromatic N) is 1. The summed E-state index contributed by atoms with van der Waals surface area (Å²) in [4.78, 5) is 14.0. The molecule has 4 nitrogen and oxygen atoms in total. The third kappa shape index (κ3) is 5.16.